The number of amidine groups is 1. The first-order chi connectivity index (χ1) is 16.5. The molecule has 6 nitrogen and oxygen atoms in total. The van der Waals surface area contributed by atoms with Gasteiger partial charge in [0.1, 0.15) is 5.82 Å². The number of nitrogens with zero attached hydrogens (tertiary/aromatic N) is 4. The highest BCUT2D eigenvalue weighted by Gasteiger charge is 2.30. The Kier molecular flexibility index (Phi) is 6.61. The zero-order chi connectivity index (χ0) is 23.7. The van der Waals surface area contributed by atoms with Crippen LogP contribution in [0.1, 0.15) is 24.0 Å². The van der Waals surface area contributed by atoms with Gasteiger partial charge in [-0.3, -0.25) is 9.69 Å². The topological polar surface area (TPSA) is 48.4 Å². The van der Waals surface area contributed by atoms with Gasteiger partial charge in [0, 0.05) is 38.9 Å². The Morgan fingerprint density at radius 3 is 2.44 bits per heavy atom. The van der Waals surface area contributed by atoms with E-state index in [4.69, 9.17) is 9.73 Å². The average Bonchev–Trinajstić information content (AvgIpc) is 3.47. The maximum atomic E-state index is 14.9. The summed E-state index contributed by atoms with van der Waals surface area (Å²) in [5.41, 5.74) is 4.27. The number of ether oxygens (including phenoxy) is 1. The third-order valence-corrected chi connectivity index (χ3v) is 7.58. The van der Waals surface area contributed by atoms with E-state index >= 15 is 0 Å². The average molecular weight is 481 g/mol. The van der Waals surface area contributed by atoms with E-state index < -0.39 is 0 Å². The number of thioether (sulfide) groups is 1. The number of carbonyl (C=O) groups excluding carboxylic acids is 1. The van der Waals surface area contributed by atoms with Crippen LogP contribution in [0.5, 0.6) is 0 Å². The normalized spacial score (nSPS) is 21.4. The van der Waals surface area contributed by atoms with Gasteiger partial charge in [-0.1, -0.05) is 0 Å². The van der Waals surface area contributed by atoms with Crippen molar-refractivity contribution < 1.29 is 13.9 Å². The molecule has 34 heavy (non-hydrogen) atoms. The molecule has 0 atom stereocenters. The number of aryl methyl sites for hydroxylation is 1. The lowest BCUT2D eigenvalue weighted by Crippen LogP contribution is -2.36. The van der Waals surface area contributed by atoms with Crippen LogP contribution in [0.25, 0.3) is 6.08 Å². The van der Waals surface area contributed by atoms with Crippen molar-refractivity contribution in [2.24, 2.45) is 4.99 Å². The van der Waals surface area contributed by atoms with Gasteiger partial charge in [-0.05, 0) is 85.1 Å². The molecular formula is C26H29FN4O2S. The van der Waals surface area contributed by atoms with Gasteiger partial charge in [-0.15, -0.1) is 0 Å². The number of hydrogen-bond acceptors (Lipinski definition) is 6. The number of amides is 1. The van der Waals surface area contributed by atoms with Crippen LogP contribution in [0.3, 0.4) is 0 Å². The lowest BCUT2D eigenvalue weighted by atomic mass is 10.1. The molecule has 0 aliphatic carbocycles. The minimum absolute atomic E-state index is 0.128. The molecule has 8 heteroatoms. The summed E-state index contributed by atoms with van der Waals surface area (Å²) in [6, 6.07) is 11.5. The Bertz CT molecular complexity index is 1140. The molecule has 178 valence electrons. The lowest BCUT2D eigenvalue weighted by molar-refractivity contribution is -0.121. The monoisotopic (exact) mass is 480 g/mol. The zero-order valence-corrected chi connectivity index (χ0v) is 20.4. The number of benzene rings is 2. The van der Waals surface area contributed by atoms with Crippen LogP contribution in [-0.2, 0) is 9.53 Å². The molecule has 3 aliphatic heterocycles. The second kappa shape index (κ2) is 9.80. The summed E-state index contributed by atoms with van der Waals surface area (Å²) in [6.45, 7) is 7.00. The molecule has 0 spiro atoms. The van der Waals surface area contributed by atoms with Crippen molar-refractivity contribution in [3.63, 3.8) is 0 Å². The van der Waals surface area contributed by atoms with E-state index in [1.807, 2.05) is 25.1 Å². The first-order valence-electron chi connectivity index (χ1n) is 11.7. The fraction of sp³-hybridized carbons (Fsp3) is 0.385. The maximum Gasteiger partial charge on any atom is 0.266 e. The van der Waals surface area contributed by atoms with Gasteiger partial charge in [0.15, 0.2) is 5.17 Å². The molecule has 3 aliphatic rings. The van der Waals surface area contributed by atoms with Crippen LogP contribution in [-0.4, -0.2) is 62.4 Å². The second-order valence-corrected chi connectivity index (χ2v) is 9.85. The molecule has 3 saturated heterocycles. The molecule has 2 aromatic rings. The smallest absolute Gasteiger partial charge is 0.266 e. The standard InChI is InChI=1S/C26H29FN4O2S/c1-18-15-23(31-9-3-4-10-31)22(27)16-19(18)17-24-25(32)29(2)26(34-24)28-20-5-7-21(8-6-20)30-11-13-33-14-12-30/h5-8,15-17H,3-4,9-14H2,1-2H3. The maximum absolute atomic E-state index is 14.9. The largest absolute Gasteiger partial charge is 0.378 e. The summed E-state index contributed by atoms with van der Waals surface area (Å²) >= 11 is 1.32. The van der Waals surface area contributed by atoms with E-state index in [0.717, 1.165) is 74.7 Å². The van der Waals surface area contributed by atoms with Gasteiger partial charge in [0.2, 0.25) is 0 Å². The molecular weight excluding hydrogens is 451 g/mol. The van der Waals surface area contributed by atoms with E-state index in [1.165, 1.54) is 11.8 Å². The molecule has 0 aromatic heterocycles. The molecule has 0 bridgehead atoms. The van der Waals surface area contributed by atoms with Crippen molar-refractivity contribution in [1.82, 2.24) is 4.90 Å². The van der Waals surface area contributed by atoms with Crippen molar-refractivity contribution in [3.8, 4) is 0 Å². The van der Waals surface area contributed by atoms with E-state index in [0.29, 0.717) is 15.8 Å². The van der Waals surface area contributed by atoms with E-state index in [1.54, 1.807) is 24.1 Å². The van der Waals surface area contributed by atoms with Crippen molar-refractivity contribution in [1.29, 1.82) is 0 Å². The summed E-state index contributed by atoms with van der Waals surface area (Å²) in [6.07, 6.45) is 3.97. The molecule has 0 saturated carbocycles. The van der Waals surface area contributed by atoms with Crippen molar-refractivity contribution in [2.75, 3.05) is 56.2 Å². The van der Waals surface area contributed by atoms with Gasteiger partial charge < -0.3 is 14.5 Å². The molecule has 0 unspecified atom stereocenters. The summed E-state index contributed by atoms with van der Waals surface area (Å²) in [7, 11) is 1.72. The molecule has 0 radical (unpaired) electrons. The van der Waals surface area contributed by atoms with Crippen molar-refractivity contribution >= 4 is 46.0 Å². The quantitative estimate of drug-likeness (QED) is 0.588. The Morgan fingerprint density at radius 2 is 1.74 bits per heavy atom. The summed E-state index contributed by atoms with van der Waals surface area (Å²) in [5, 5.41) is 0.613. The highest BCUT2D eigenvalue weighted by atomic mass is 32.2. The van der Waals surface area contributed by atoms with Gasteiger partial charge in [0.25, 0.3) is 5.91 Å². The van der Waals surface area contributed by atoms with Gasteiger partial charge in [-0.25, -0.2) is 9.38 Å². The minimum atomic E-state index is -0.239. The number of aliphatic imine (C=N–C) groups is 1. The van der Waals surface area contributed by atoms with Crippen LogP contribution in [0.15, 0.2) is 46.3 Å². The van der Waals surface area contributed by atoms with Crippen molar-refractivity contribution in [2.45, 2.75) is 19.8 Å². The highest BCUT2D eigenvalue weighted by Crippen LogP contribution is 2.35. The molecule has 3 heterocycles. The zero-order valence-electron chi connectivity index (χ0n) is 19.6. The number of hydrogen-bond donors (Lipinski definition) is 0. The summed E-state index contributed by atoms with van der Waals surface area (Å²) in [5.74, 6) is -0.366. The molecule has 3 fully saturated rings. The van der Waals surface area contributed by atoms with Crippen LogP contribution < -0.4 is 9.80 Å². The van der Waals surface area contributed by atoms with Gasteiger partial charge in [-0.2, -0.15) is 0 Å². The number of carbonyl (C=O) groups is 1. The Morgan fingerprint density at radius 1 is 1.03 bits per heavy atom. The first kappa shape index (κ1) is 22.9. The predicted molar refractivity (Wildman–Crippen MR) is 137 cm³/mol. The van der Waals surface area contributed by atoms with Crippen LogP contribution in [0, 0.1) is 12.7 Å². The number of morpholine rings is 1. The Balaban J connectivity index is 1.34. The number of rotatable bonds is 4. The molecule has 2 aromatic carbocycles. The predicted octanol–water partition coefficient (Wildman–Crippen LogP) is 4.80. The summed E-state index contributed by atoms with van der Waals surface area (Å²) < 4.78 is 20.3. The third kappa shape index (κ3) is 4.70. The SMILES string of the molecule is Cc1cc(N2CCCC2)c(F)cc1C=C1SC(=Nc2ccc(N3CCOCC3)cc2)N(C)C1=O. The van der Waals surface area contributed by atoms with Gasteiger partial charge >= 0.3 is 0 Å². The number of halogens is 1. The first-order valence-corrected chi connectivity index (χ1v) is 12.6. The Labute approximate surface area is 204 Å². The van der Waals surface area contributed by atoms with Crippen LogP contribution in [0.2, 0.25) is 0 Å². The minimum Gasteiger partial charge on any atom is -0.378 e. The summed E-state index contributed by atoms with van der Waals surface area (Å²) in [4.78, 5) is 24.1. The van der Waals surface area contributed by atoms with E-state index in [-0.39, 0.29) is 11.7 Å². The molecule has 0 N–H and O–H groups in total. The van der Waals surface area contributed by atoms with Crippen LogP contribution in [0.4, 0.5) is 21.5 Å². The fourth-order valence-electron chi connectivity index (χ4n) is 4.50. The Hall–Kier alpha value is -2.84. The third-order valence-electron chi connectivity index (χ3n) is 6.52. The number of likely N-dealkylation sites (N-methyl/N-ethyl adjacent to an activating group) is 1. The lowest BCUT2D eigenvalue weighted by Gasteiger charge is -2.28. The second-order valence-electron chi connectivity index (χ2n) is 8.84. The van der Waals surface area contributed by atoms with E-state index in [2.05, 4.69) is 21.9 Å². The van der Waals surface area contributed by atoms with Gasteiger partial charge in [0.05, 0.1) is 29.5 Å². The van der Waals surface area contributed by atoms with Crippen molar-refractivity contribution in [3.05, 3.63) is 58.2 Å². The van der Waals surface area contributed by atoms with Crippen LogP contribution >= 0.6 is 11.8 Å². The fourth-order valence-corrected chi connectivity index (χ4v) is 5.48. The molecule has 1 amide bonds. The van der Waals surface area contributed by atoms with E-state index in [9.17, 15) is 9.18 Å². The number of anilines is 2. The highest BCUT2D eigenvalue weighted by molar-refractivity contribution is 8.18. The molecule has 5 rings (SSSR count).